The van der Waals surface area contributed by atoms with E-state index in [4.69, 9.17) is 28.2 Å². The molecule has 4 aromatic heterocycles. The zero-order valence-corrected chi connectivity index (χ0v) is 84.5. The first-order valence-corrected chi connectivity index (χ1v) is 57.5. The Balaban J connectivity index is 0.000000166. The van der Waals surface area contributed by atoms with E-state index in [1.807, 2.05) is 42.7 Å². The van der Waals surface area contributed by atoms with Gasteiger partial charge in [-0.05, 0) is 170 Å². The van der Waals surface area contributed by atoms with E-state index in [1.165, 1.54) is 130 Å². The molecular weight excluding hydrogens is 1900 g/mol. The molecular formula is C112H117BrCl2N4P4PdSn. The maximum absolute atomic E-state index is 6.18. The molecule has 12 aromatic carbocycles. The molecule has 4 heterocycles. The molecule has 0 fully saturated rings. The van der Waals surface area contributed by atoms with E-state index in [2.05, 4.69) is 481 Å². The Labute approximate surface area is 788 Å². The number of unbranched alkanes of at least 4 members (excludes halogenated alkanes) is 3. The Morgan fingerprint density at radius 1 is 0.264 bits per heavy atom. The van der Waals surface area contributed by atoms with Crippen molar-refractivity contribution < 1.29 is 20.4 Å². The normalized spacial score (nSPS) is 10.9. The SMILES string of the molecule is CC(C)(C)c1ccnc(-c2cccc(Cl)n2)c1.CC(C)(C)c1ccnc(Br)c1.CCC[CH2][Sn]([CH2]CCC)([CH2]CCC)[c]1cccc(Cl)n1.[Pd].c1ccc(P(c2ccccc2)c2ccccc2)cc1.c1ccc(P(c2ccccc2)c2ccccc2)cc1.c1ccc(P(c2ccccc2)c2ccccc2)cc1.c1ccc(P(c2ccccc2)c2ccccc2)cc1. The summed E-state index contributed by atoms with van der Waals surface area (Å²) in [6.07, 6.45) is 11.7. The monoisotopic (exact) mass is 2020 g/mol. The van der Waals surface area contributed by atoms with Gasteiger partial charge in [-0.1, -0.05) is 423 Å². The standard InChI is InChI=1S/4C18H15P.C14H15ClN2.C9H12BrN.C5H3ClN.3C4H9.Pd.Sn/c4*1-4-10-16(11-5-1)19(17-12-6-2-7-13-17)18-14-8-3-9-15-18;1-14(2,3)10-7-8-16-12(9-10)11-5-4-6-13(15)17-11;1-9(2,3)7-4-5-11-8(10)6-7;6-5-3-1-2-4-7-5;3*1-3-4-2;;/h4*1-15H;4-9H,1-3H3;4-6H,1-3H3;1-3H;3*1,3-4H2,2H3;;. The van der Waals surface area contributed by atoms with Crippen molar-refractivity contribution in [3.8, 4) is 11.4 Å². The average molecular weight is 2020 g/mol. The van der Waals surface area contributed by atoms with Crippen molar-refractivity contribution in [1.82, 2.24) is 19.9 Å². The summed E-state index contributed by atoms with van der Waals surface area (Å²) >= 11 is 13.1. The van der Waals surface area contributed by atoms with Crippen molar-refractivity contribution in [2.45, 2.75) is 125 Å². The molecule has 0 spiro atoms. The van der Waals surface area contributed by atoms with E-state index < -0.39 is 50.1 Å². The van der Waals surface area contributed by atoms with Crippen molar-refractivity contribution in [2.75, 3.05) is 0 Å². The number of rotatable bonds is 23. The number of benzene rings is 12. The summed E-state index contributed by atoms with van der Waals surface area (Å²) in [5.74, 6) is 0. The second-order valence-corrected chi connectivity index (χ2v) is 55.5. The maximum atomic E-state index is 6.18. The van der Waals surface area contributed by atoms with Crippen molar-refractivity contribution >= 4 is 157 Å². The van der Waals surface area contributed by atoms with E-state index in [-0.39, 0.29) is 31.3 Å². The summed E-state index contributed by atoms with van der Waals surface area (Å²) in [6, 6.07) is 149. The van der Waals surface area contributed by atoms with Crippen molar-refractivity contribution in [1.29, 1.82) is 0 Å². The quantitative estimate of drug-likeness (QED) is 0.0364. The van der Waals surface area contributed by atoms with Gasteiger partial charge in [-0.15, -0.1) is 0 Å². The predicted molar refractivity (Wildman–Crippen MR) is 556 cm³/mol. The summed E-state index contributed by atoms with van der Waals surface area (Å²) in [6.45, 7) is 20.0. The van der Waals surface area contributed by atoms with Crippen LogP contribution in [0.15, 0.2) is 442 Å². The van der Waals surface area contributed by atoms with Gasteiger partial charge in [-0.25, -0.2) is 9.97 Å². The van der Waals surface area contributed by atoms with Gasteiger partial charge in [0, 0.05) is 32.8 Å². The smallest absolute Gasteiger partial charge is 0 e. The van der Waals surface area contributed by atoms with E-state index in [1.54, 1.807) is 6.07 Å². The third-order valence-corrected chi connectivity index (χ3v) is 46.4. The molecule has 0 N–H and O–H groups in total. The van der Waals surface area contributed by atoms with Crippen LogP contribution in [0.4, 0.5) is 0 Å². The zero-order chi connectivity index (χ0) is 87.5. The molecule has 0 radical (unpaired) electrons. The second-order valence-electron chi connectivity index (χ2n) is 31.9. The van der Waals surface area contributed by atoms with Crippen LogP contribution in [0.2, 0.25) is 23.6 Å². The summed E-state index contributed by atoms with van der Waals surface area (Å²) in [4.78, 5) is 17.4. The minimum atomic E-state index is -2.33. The average Bonchev–Trinajstić information content (AvgIpc) is 0.819. The van der Waals surface area contributed by atoms with Crippen LogP contribution in [-0.2, 0) is 31.3 Å². The molecule has 0 bridgehead atoms. The fourth-order valence-electron chi connectivity index (χ4n) is 14.2. The summed E-state index contributed by atoms with van der Waals surface area (Å²) < 4.78 is 6.71. The first-order valence-electron chi connectivity index (χ1n) is 43.1. The van der Waals surface area contributed by atoms with Crippen molar-refractivity contribution in [3.63, 3.8) is 0 Å². The third kappa shape index (κ3) is 32.9. The number of aromatic nitrogens is 4. The van der Waals surface area contributed by atoms with Gasteiger partial charge in [0.2, 0.25) is 0 Å². The molecule has 0 aliphatic heterocycles. The fourth-order valence-corrected chi connectivity index (χ4v) is 39.8. The van der Waals surface area contributed by atoms with Crippen molar-refractivity contribution in [3.05, 3.63) is 463 Å². The van der Waals surface area contributed by atoms with Gasteiger partial charge in [0.1, 0.15) is 9.76 Å². The van der Waals surface area contributed by atoms with Crippen LogP contribution in [0.5, 0.6) is 0 Å². The first-order chi connectivity index (χ1) is 60.4. The van der Waals surface area contributed by atoms with Gasteiger partial charge >= 0.3 is 135 Å². The number of nitrogens with zero attached hydrogens (tertiary/aromatic N) is 4. The predicted octanol–water partition coefficient (Wildman–Crippen LogP) is 26.8. The summed E-state index contributed by atoms with van der Waals surface area (Å²) in [7, 11) is -1.78. The molecule has 0 amide bonds. The minimum absolute atomic E-state index is 0. The molecule has 0 atom stereocenters. The summed E-state index contributed by atoms with van der Waals surface area (Å²) in [5.41, 5.74) is 4.54. The van der Waals surface area contributed by atoms with Crippen LogP contribution in [0.3, 0.4) is 0 Å². The maximum Gasteiger partial charge on any atom is 0 e. The van der Waals surface area contributed by atoms with Crippen molar-refractivity contribution in [2.24, 2.45) is 0 Å². The van der Waals surface area contributed by atoms with Crippen LogP contribution in [0.1, 0.15) is 112 Å². The molecule has 0 aliphatic carbocycles. The molecule has 0 unspecified atom stereocenters. The number of pyridine rings is 4. The van der Waals surface area contributed by atoms with Crippen LogP contribution < -0.4 is 67.4 Å². The second kappa shape index (κ2) is 54.6. The largest absolute Gasteiger partial charge is 0.0622 e. The molecule has 13 heteroatoms. The van der Waals surface area contributed by atoms with Crippen LogP contribution in [-0.4, -0.2) is 38.3 Å². The Hall–Kier alpha value is -8.52. The number of hydrogen-bond acceptors (Lipinski definition) is 4. The van der Waals surface area contributed by atoms with Gasteiger partial charge < -0.3 is 0 Å². The molecule has 0 saturated carbocycles. The van der Waals surface area contributed by atoms with Gasteiger partial charge in [-0.3, -0.25) is 4.98 Å². The van der Waals surface area contributed by atoms with Gasteiger partial charge in [0.05, 0.1) is 11.4 Å². The molecule has 4 nitrogen and oxygen atoms in total. The van der Waals surface area contributed by atoms with Crippen LogP contribution >= 0.6 is 70.8 Å². The molecule has 16 rings (SSSR count). The third-order valence-electron chi connectivity index (χ3n) is 20.7. The van der Waals surface area contributed by atoms with Gasteiger partial charge in [0.15, 0.2) is 0 Å². The Bertz CT molecular complexity index is 4730. The number of hydrogen-bond donors (Lipinski definition) is 0. The van der Waals surface area contributed by atoms with E-state index in [0.29, 0.717) is 10.3 Å². The number of halogens is 3. The van der Waals surface area contributed by atoms with E-state index in [0.717, 1.165) is 16.0 Å². The molecule has 125 heavy (non-hydrogen) atoms. The zero-order valence-electron chi connectivity index (χ0n) is 73.5. The molecule has 0 aliphatic rings. The topological polar surface area (TPSA) is 51.6 Å². The fraction of sp³-hybridized carbons (Fsp3) is 0.179. The van der Waals surface area contributed by atoms with E-state index in [9.17, 15) is 0 Å². The summed E-state index contributed by atoms with van der Waals surface area (Å²) in [5, 5.41) is 18.0. The van der Waals surface area contributed by atoms with E-state index >= 15 is 0 Å². The minimum Gasteiger partial charge on any atom is -0.0622 e. The Kier molecular flexibility index (Phi) is 43.8. The molecule has 640 valence electrons. The molecule has 0 saturated heterocycles. The van der Waals surface area contributed by atoms with Crippen LogP contribution in [0.25, 0.3) is 11.4 Å². The Morgan fingerprint density at radius 2 is 0.488 bits per heavy atom. The Morgan fingerprint density at radius 3 is 0.696 bits per heavy atom. The first kappa shape index (κ1) is 100. The van der Waals surface area contributed by atoms with Gasteiger partial charge in [-0.2, -0.15) is 0 Å². The molecule has 16 aromatic rings. The van der Waals surface area contributed by atoms with Crippen LogP contribution in [0, 0.1) is 0 Å². The van der Waals surface area contributed by atoms with Gasteiger partial charge in [0.25, 0.3) is 0 Å².